The van der Waals surface area contributed by atoms with Crippen molar-refractivity contribution in [3.63, 3.8) is 0 Å². The lowest BCUT2D eigenvalue weighted by Gasteiger charge is -2.41. The molecule has 0 bridgehead atoms. The molecule has 0 spiro atoms. The molecule has 1 saturated heterocycles. The summed E-state index contributed by atoms with van der Waals surface area (Å²) in [7, 11) is 1.81. The lowest BCUT2D eigenvalue weighted by Crippen LogP contribution is -2.54. The highest BCUT2D eigenvalue weighted by Crippen LogP contribution is 2.19. The molecule has 1 aromatic rings. The van der Waals surface area contributed by atoms with Crippen LogP contribution in [0.2, 0.25) is 0 Å². The predicted molar refractivity (Wildman–Crippen MR) is 103 cm³/mol. The minimum Gasteiger partial charge on any atom is -0.478 e. The molecule has 0 aliphatic carbocycles. The highest BCUT2D eigenvalue weighted by Gasteiger charge is 2.27. The first kappa shape index (κ1) is 19.5. The van der Waals surface area contributed by atoms with Crippen LogP contribution < -0.4 is 15.4 Å². The molecule has 0 radical (unpaired) electrons. The van der Waals surface area contributed by atoms with Gasteiger partial charge in [-0.3, -0.25) is 9.89 Å². The fraction of sp³-hybridized carbons (Fsp3) is 0.684. The van der Waals surface area contributed by atoms with Gasteiger partial charge in [-0.25, -0.2) is 4.98 Å². The van der Waals surface area contributed by atoms with Crippen LogP contribution in [-0.4, -0.2) is 54.7 Å². The fourth-order valence-corrected chi connectivity index (χ4v) is 3.10. The van der Waals surface area contributed by atoms with Crippen molar-refractivity contribution in [2.24, 2.45) is 4.99 Å². The summed E-state index contributed by atoms with van der Waals surface area (Å²) in [6.45, 7) is 11.1. The van der Waals surface area contributed by atoms with E-state index in [9.17, 15) is 0 Å². The molecule has 6 heteroatoms. The number of hydrogen-bond acceptors (Lipinski definition) is 4. The second kappa shape index (κ2) is 9.61. The van der Waals surface area contributed by atoms with Crippen molar-refractivity contribution in [3.05, 3.63) is 23.9 Å². The van der Waals surface area contributed by atoms with Crippen molar-refractivity contribution in [2.75, 3.05) is 33.3 Å². The number of guanidine groups is 1. The van der Waals surface area contributed by atoms with Crippen molar-refractivity contribution in [3.8, 4) is 5.88 Å². The smallest absolute Gasteiger partial charge is 0.213 e. The average Bonchev–Trinajstić information content (AvgIpc) is 2.63. The summed E-state index contributed by atoms with van der Waals surface area (Å²) in [5, 5.41) is 6.83. The Morgan fingerprint density at radius 1 is 1.28 bits per heavy atom. The van der Waals surface area contributed by atoms with Crippen LogP contribution in [0.25, 0.3) is 0 Å². The molecule has 2 rings (SSSR count). The van der Waals surface area contributed by atoms with Gasteiger partial charge in [-0.2, -0.15) is 0 Å². The Bertz CT molecular complexity index is 553. The number of nitrogens with zero attached hydrogens (tertiary/aromatic N) is 3. The first-order valence-electron chi connectivity index (χ1n) is 9.32. The van der Waals surface area contributed by atoms with Gasteiger partial charge in [0.2, 0.25) is 5.88 Å². The lowest BCUT2D eigenvalue weighted by atomic mass is 9.98. The van der Waals surface area contributed by atoms with Crippen LogP contribution in [0.1, 0.15) is 45.6 Å². The zero-order valence-electron chi connectivity index (χ0n) is 16.1. The molecule has 6 nitrogen and oxygen atoms in total. The molecular formula is C19H33N5O. The SMILES string of the molecule is CCOc1cc(CNC(=NC)NCC(C)(C)N2CCCCC2)ccn1. The van der Waals surface area contributed by atoms with Crippen molar-refractivity contribution in [1.82, 2.24) is 20.5 Å². The van der Waals surface area contributed by atoms with Gasteiger partial charge in [0.1, 0.15) is 0 Å². The second-order valence-electron chi connectivity index (χ2n) is 7.07. The summed E-state index contributed by atoms with van der Waals surface area (Å²) in [5.41, 5.74) is 1.24. The quantitative estimate of drug-likeness (QED) is 0.586. The van der Waals surface area contributed by atoms with E-state index in [-0.39, 0.29) is 5.54 Å². The van der Waals surface area contributed by atoms with Crippen LogP contribution in [0.5, 0.6) is 5.88 Å². The minimum absolute atomic E-state index is 0.122. The summed E-state index contributed by atoms with van der Waals surface area (Å²) in [6.07, 6.45) is 5.75. The summed E-state index contributed by atoms with van der Waals surface area (Å²) in [5.74, 6) is 1.48. The number of rotatable bonds is 7. The van der Waals surface area contributed by atoms with Crippen molar-refractivity contribution in [2.45, 2.75) is 52.1 Å². The molecule has 25 heavy (non-hydrogen) atoms. The molecule has 2 N–H and O–H groups in total. The molecule has 1 fully saturated rings. The summed E-state index contributed by atoms with van der Waals surface area (Å²) in [6, 6.07) is 3.95. The Hall–Kier alpha value is -1.82. The number of nitrogens with one attached hydrogen (secondary N) is 2. The summed E-state index contributed by atoms with van der Waals surface area (Å²) in [4.78, 5) is 11.1. The number of hydrogen-bond donors (Lipinski definition) is 2. The normalized spacial score (nSPS) is 16.6. The number of aliphatic imine (C=N–C) groups is 1. The topological polar surface area (TPSA) is 61.8 Å². The van der Waals surface area contributed by atoms with Gasteiger partial charge in [-0.15, -0.1) is 0 Å². The maximum absolute atomic E-state index is 5.45. The molecular weight excluding hydrogens is 314 g/mol. The average molecular weight is 348 g/mol. The van der Waals surface area contributed by atoms with E-state index in [1.807, 2.05) is 19.1 Å². The third kappa shape index (κ3) is 6.20. The summed E-state index contributed by atoms with van der Waals surface area (Å²) >= 11 is 0. The molecule has 1 aromatic heterocycles. The first-order chi connectivity index (χ1) is 12.0. The van der Waals surface area contributed by atoms with Crippen LogP contribution in [0.3, 0.4) is 0 Å². The highest BCUT2D eigenvalue weighted by molar-refractivity contribution is 5.79. The molecule has 0 amide bonds. The molecule has 0 aromatic carbocycles. The van der Waals surface area contributed by atoms with Crippen molar-refractivity contribution in [1.29, 1.82) is 0 Å². The Kier molecular flexibility index (Phi) is 7.50. The molecule has 1 aliphatic rings. The lowest BCUT2D eigenvalue weighted by molar-refractivity contribution is 0.0982. The van der Waals surface area contributed by atoms with Gasteiger partial charge >= 0.3 is 0 Å². The van der Waals surface area contributed by atoms with Gasteiger partial charge in [0.25, 0.3) is 0 Å². The second-order valence-corrected chi connectivity index (χ2v) is 7.07. The Labute approximate surface area is 152 Å². The molecule has 2 heterocycles. The van der Waals surface area contributed by atoms with Crippen LogP contribution >= 0.6 is 0 Å². The van der Waals surface area contributed by atoms with E-state index in [1.165, 1.54) is 32.4 Å². The van der Waals surface area contributed by atoms with E-state index in [0.29, 0.717) is 19.0 Å². The zero-order chi connectivity index (χ0) is 18.1. The van der Waals surface area contributed by atoms with Gasteiger partial charge in [0, 0.05) is 37.9 Å². The maximum Gasteiger partial charge on any atom is 0.213 e. The zero-order valence-corrected chi connectivity index (χ0v) is 16.1. The van der Waals surface area contributed by atoms with Gasteiger partial charge in [-0.05, 0) is 58.3 Å². The molecule has 0 unspecified atom stereocenters. The van der Waals surface area contributed by atoms with E-state index in [1.54, 1.807) is 13.2 Å². The molecule has 140 valence electrons. The Morgan fingerprint density at radius 2 is 2.04 bits per heavy atom. The van der Waals surface area contributed by atoms with E-state index in [2.05, 4.69) is 39.4 Å². The van der Waals surface area contributed by atoms with E-state index < -0.39 is 0 Å². The minimum atomic E-state index is 0.122. The van der Waals surface area contributed by atoms with Gasteiger partial charge in [0.05, 0.1) is 6.61 Å². The molecule has 1 aliphatic heterocycles. The maximum atomic E-state index is 5.45. The van der Waals surface area contributed by atoms with Gasteiger partial charge < -0.3 is 15.4 Å². The van der Waals surface area contributed by atoms with E-state index in [0.717, 1.165) is 18.1 Å². The summed E-state index contributed by atoms with van der Waals surface area (Å²) < 4.78 is 5.45. The van der Waals surface area contributed by atoms with Crippen LogP contribution in [0.15, 0.2) is 23.3 Å². The molecule has 0 atom stereocenters. The Morgan fingerprint density at radius 3 is 2.72 bits per heavy atom. The third-order valence-corrected chi connectivity index (χ3v) is 4.68. The van der Waals surface area contributed by atoms with Crippen molar-refractivity contribution < 1.29 is 4.74 Å². The number of pyridine rings is 1. The number of likely N-dealkylation sites (tertiary alicyclic amines) is 1. The first-order valence-corrected chi connectivity index (χ1v) is 9.32. The predicted octanol–water partition coefficient (Wildman–Crippen LogP) is 2.41. The number of ether oxygens (including phenoxy) is 1. The third-order valence-electron chi connectivity index (χ3n) is 4.68. The van der Waals surface area contributed by atoms with Crippen LogP contribution in [-0.2, 0) is 6.54 Å². The highest BCUT2D eigenvalue weighted by atomic mass is 16.5. The number of aromatic nitrogens is 1. The van der Waals surface area contributed by atoms with E-state index in [4.69, 9.17) is 4.74 Å². The molecule has 0 saturated carbocycles. The van der Waals surface area contributed by atoms with Gasteiger partial charge in [-0.1, -0.05) is 6.42 Å². The number of piperidine rings is 1. The van der Waals surface area contributed by atoms with Crippen LogP contribution in [0.4, 0.5) is 0 Å². The van der Waals surface area contributed by atoms with Crippen LogP contribution in [0, 0.1) is 0 Å². The van der Waals surface area contributed by atoms with Crippen molar-refractivity contribution >= 4 is 5.96 Å². The van der Waals surface area contributed by atoms with Gasteiger partial charge in [0.15, 0.2) is 5.96 Å². The Balaban J connectivity index is 1.83. The monoisotopic (exact) mass is 347 g/mol. The fourth-order valence-electron chi connectivity index (χ4n) is 3.10. The largest absolute Gasteiger partial charge is 0.478 e. The standard InChI is InChI=1S/C19H33N5O/c1-5-25-17-13-16(9-10-21-17)14-22-18(20-4)23-15-19(2,3)24-11-7-6-8-12-24/h9-10,13H,5-8,11-12,14-15H2,1-4H3,(H2,20,22,23). The van der Waals surface area contributed by atoms with E-state index >= 15 is 0 Å².